The van der Waals surface area contributed by atoms with Crippen molar-refractivity contribution in [2.75, 3.05) is 6.54 Å². The third-order valence-electron chi connectivity index (χ3n) is 3.26. The van der Waals surface area contributed by atoms with Crippen LogP contribution in [0, 0.1) is 0 Å². The second-order valence-electron chi connectivity index (χ2n) is 4.57. The van der Waals surface area contributed by atoms with E-state index in [4.69, 9.17) is 0 Å². The summed E-state index contributed by atoms with van der Waals surface area (Å²) in [6.07, 6.45) is 1.01. The number of hydrogen-bond acceptors (Lipinski definition) is 4. The maximum absolute atomic E-state index is 12.5. The van der Waals surface area contributed by atoms with E-state index in [1.165, 1.54) is 14.6 Å². The molecule has 1 amide bonds. The van der Waals surface area contributed by atoms with Crippen LogP contribution in [-0.4, -0.2) is 22.6 Å². The van der Waals surface area contributed by atoms with Crippen molar-refractivity contribution in [1.82, 2.24) is 4.90 Å². The lowest BCUT2D eigenvalue weighted by molar-refractivity contribution is -0.131. The Bertz CT molecular complexity index is 561. The molecule has 2 nitrogen and oxygen atoms in total. The molecule has 2 aromatic rings. The van der Waals surface area contributed by atoms with E-state index in [2.05, 4.69) is 22.9 Å². The summed E-state index contributed by atoms with van der Waals surface area (Å²) in [5.41, 5.74) is 1.33. The van der Waals surface area contributed by atoms with Gasteiger partial charge in [0.05, 0.1) is 9.46 Å². The Balaban J connectivity index is 1.65. The molecule has 0 fully saturated rings. The highest BCUT2D eigenvalue weighted by atomic mass is 32.2. The van der Waals surface area contributed by atoms with Crippen LogP contribution in [-0.2, 0) is 17.8 Å². The minimum atomic E-state index is -0.00108. The Labute approximate surface area is 125 Å². The number of thioether (sulfide) groups is 1. The molecule has 100 valence electrons. The Morgan fingerprint density at radius 3 is 3.05 bits per heavy atom. The number of nitrogens with zero attached hydrogens (tertiary/aromatic N) is 1. The molecule has 3 rings (SSSR count). The lowest BCUT2D eigenvalue weighted by Gasteiger charge is -2.29. The predicted molar refractivity (Wildman–Crippen MR) is 83.1 cm³/mol. The van der Waals surface area contributed by atoms with Crippen molar-refractivity contribution in [3.8, 4) is 0 Å². The number of hydrogen-bond donors (Lipinski definition) is 0. The Kier molecular flexibility index (Phi) is 3.96. The van der Waals surface area contributed by atoms with Gasteiger partial charge in [-0.15, -0.1) is 34.4 Å². The van der Waals surface area contributed by atoms with Gasteiger partial charge in [0, 0.05) is 18.0 Å². The van der Waals surface area contributed by atoms with Gasteiger partial charge in [-0.05, 0) is 41.8 Å². The van der Waals surface area contributed by atoms with E-state index in [9.17, 15) is 4.79 Å². The lowest BCUT2D eigenvalue weighted by atomic mass is 10.1. The minimum absolute atomic E-state index is 0.00108. The summed E-state index contributed by atoms with van der Waals surface area (Å²) in [5, 5.41) is 4.18. The van der Waals surface area contributed by atoms with E-state index >= 15 is 0 Å². The quantitative estimate of drug-likeness (QED) is 0.802. The number of carbonyl (C=O) groups is 1. The molecule has 5 heteroatoms. The van der Waals surface area contributed by atoms with Crippen molar-refractivity contribution >= 4 is 40.3 Å². The fourth-order valence-electron chi connectivity index (χ4n) is 2.25. The summed E-state index contributed by atoms with van der Waals surface area (Å²) in [6, 6.07) is 6.26. The van der Waals surface area contributed by atoms with E-state index in [-0.39, 0.29) is 11.2 Å². The monoisotopic (exact) mass is 309 g/mol. The van der Waals surface area contributed by atoms with Crippen molar-refractivity contribution in [1.29, 1.82) is 0 Å². The Morgan fingerprint density at radius 1 is 1.37 bits per heavy atom. The molecule has 0 unspecified atom stereocenters. The van der Waals surface area contributed by atoms with Gasteiger partial charge in [-0.25, -0.2) is 0 Å². The molecule has 19 heavy (non-hydrogen) atoms. The van der Waals surface area contributed by atoms with Crippen molar-refractivity contribution in [3.05, 3.63) is 39.4 Å². The maximum atomic E-state index is 12.5. The highest BCUT2D eigenvalue weighted by Gasteiger charge is 2.25. The molecule has 2 aromatic heterocycles. The average molecular weight is 309 g/mol. The van der Waals surface area contributed by atoms with Crippen molar-refractivity contribution in [2.24, 2.45) is 0 Å². The van der Waals surface area contributed by atoms with Crippen LogP contribution in [0.4, 0.5) is 0 Å². The second-order valence-corrected chi connectivity index (χ2v) is 8.16. The molecule has 0 saturated carbocycles. The largest absolute Gasteiger partial charge is 0.337 e. The van der Waals surface area contributed by atoms with Crippen molar-refractivity contribution in [2.45, 2.75) is 29.3 Å². The fraction of sp³-hybridized carbons (Fsp3) is 0.357. The standard InChI is InChI=1S/C14H15NOS3/c1-10(19-13-3-2-7-18-13)14(16)15-6-4-12-11(9-15)5-8-17-12/h2-3,5,7-8,10H,4,6,9H2,1H3/t10-/m1/s1. The van der Waals surface area contributed by atoms with E-state index in [1.54, 1.807) is 23.1 Å². The predicted octanol–water partition coefficient (Wildman–Crippen LogP) is 3.88. The van der Waals surface area contributed by atoms with Gasteiger partial charge in [0.2, 0.25) is 5.91 Å². The molecule has 0 aromatic carbocycles. The zero-order valence-corrected chi connectivity index (χ0v) is 13.1. The smallest absolute Gasteiger partial charge is 0.236 e. The topological polar surface area (TPSA) is 20.3 Å². The van der Waals surface area contributed by atoms with Crippen LogP contribution in [0.15, 0.2) is 33.2 Å². The lowest BCUT2D eigenvalue weighted by Crippen LogP contribution is -2.39. The second kappa shape index (κ2) is 5.69. The molecule has 0 N–H and O–H groups in total. The molecule has 0 radical (unpaired) electrons. The average Bonchev–Trinajstić information content (AvgIpc) is 3.07. The first kappa shape index (κ1) is 13.2. The molecular formula is C14H15NOS3. The molecule has 1 aliphatic rings. The Hall–Kier alpha value is -0.780. The zero-order chi connectivity index (χ0) is 13.2. The van der Waals surface area contributed by atoms with Gasteiger partial charge < -0.3 is 4.90 Å². The third-order valence-corrected chi connectivity index (χ3v) is 6.44. The van der Waals surface area contributed by atoms with Gasteiger partial charge in [0.25, 0.3) is 0 Å². The van der Waals surface area contributed by atoms with Gasteiger partial charge in [-0.1, -0.05) is 6.07 Å². The number of fused-ring (bicyclic) bond motifs is 1. The molecule has 3 heterocycles. The summed E-state index contributed by atoms with van der Waals surface area (Å²) in [7, 11) is 0. The van der Waals surface area contributed by atoms with Crippen LogP contribution in [0.1, 0.15) is 17.4 Å². The normalized spacial score (nSPS) is 16.2. The summed E-state index contributed by atoms with van der Waals surface area (Å²) >= 11 is 5.17. The van der Waals surface area contributed by atoms with Gasteiger partial charge >= 0.3 is 0 Å². The summed E-state index contributed by atoms with van der Waals surface area (Å²) in [6.45, 7) is 3.66. The summed E-state index contributed by atoms with van der Waals surface area (Å²) in [5.74, 6) is 0.259. The van der Waals surface area contributed by atoms with Crippen LogP contribution in [0.3, 0.4) is 0 Å². The number of amides is 1. The Morgan fingerprint density at radius 2 is 2.26 bits per heavy atom. The van der Waals surface area contributed by atoms with Crippen LogP contribution in [0.25, 0.3) is 0 Å². The first-order valence-corrected chi connectivity index (χ1v) is 8.92. The highest BCUT2D eigenvalue weighted by Crippen LogP contribution is 2.30. The van der Waals surface area contributed by atoms with Gasteiger partial charge in [0.15, 0.2) is 0 Å². The van der Waals surface area contributed by atoms with Crippen molar-refractivity contribution < 1.29 is 4.79 Å². The third kappa shape index (κ3) is 2.88. The first-order valence-electron chi connectivity index (χ1n) is 6.28. The summed E-state index contributed by atoms with van der Waals surface area (Å²) < 4.78 is 1.22. The van der Waals surface area contributed by atoms with E-state index in [1.807, 2.05) is 29.2 Å². The van der Waals surface area contributed by atoms with Crippen LogP contribution >= 0.6 is 34.4 Å². The molecule has 1 aliphatic heterocycles. The first-order chi connectivity index (χ1) is 9.24. The SMILES string of the molecule is C[C@@H](Sc1cccs1)C(=O)N1CCc2sccc2C1. The highest BCUT2D eigenvalue weighted by molar-refractivity contribution is 8.02. The van der Waals surface area contributed by atoms with Gasteiger partial charge in [-0.2, -0.15) is 0 Å². The van der Waals surface area contributed by atoms with E-state index in [0.717, 1.165) is 19.5 Å². The fourth-order valence-corrected chi connectivity index (χ4v) is 5.16. The number of carbonyl (C=O) groups excluding carboxylic acids is 1. The molecular weight excluding hydrogens is 294 g/mol. The molecule has 1 atom stereocenters. The number of rotatable bonds is 3. The van der Waals surface area contributed by atoms with Crippen molar-refractivity contribution in [3.63, 3.8) is 0 Å². The number of thiophene rings is 2. The van der Waals surface area contributed by atoms with Crippen LogP contribution < -0.4 is 0 Å². The minimum Gasteiger partial charge on any atom is -0.337 e. The molecule has 0 saturated heterocycles. The maximum Gasteiger partial charge on any atom is 0.236 e. The van der Waals surface area contributed by atoms with Gasteiger partial charge in [0.1, 0.15) is 0 Å². The van der Waals surface area contributed by atoms with E-state index < -0.39 is 0 Å². The van der Waals surface area contributed by atoms with E-state index in [0.29, 0.717) is 0 Å². The van der Waals surface area contributed by atoms with Gasteiger partial charge in [-0.3, -0.25) is 4.79 Å². The van der Waals surface area contributed by atoms with Crippen LogP contribution in [0.5, 0.6) is 0 Å². The van der Waals surface area contributed by atoms with Crippen LogP contribution in [0.2, 0.25) is 0 Å². The molecule has 0 spiro atoms. The zero-order valence-electron chi connectivity index (χ0n) is 10.7. The molecule has 0 aliphatic carbocycles. The summed E-state index contributed by atoms with van der Waals surface area (Å²) in [4.78, 5) is 15.9. The molecule has 0 bridgehead atoms.